The SMILES string of the molecule is CC1C2c3ccccc3C(c3ccccc32)C1C(=O)Oc1ccc(S(=O)(=O)O)c2c1CCCC2. The van der Waals surface area contributed by atoms with E-state index >= 15 is 0 Å². The van der Waals surface area contributed by atoms with Gasteiger partial charge in [-0.15, -0.1) is 0 Å². The number of hydrogen-bond donors (Lipinski definition) is 1. The highest BCUT2D eigenvalue weighted by atomic mass is 32.2. The zero-order valence-corrected chi connectivity index (χ0v) is 19.7. The monoisotopic (exact) mass is 474 g/mol. The number of carbonyl (C=O) groups excluding carboxylic acids is 1. The predicted molar refractivity (Wildman–Crippen MR) is 128 cm³/mol. The average molecular weight is 475 g/mol. The van der Waals surface area contributed by atoms with Gasteiger partial charge in [0.15, 0.2) is 0 Å². The highest BCUT2D eigenvalue weighted by Gasteiger charge is 2.51. The quantitative estimate of drug-likeness (QED) is 0.318. The Bertz CT molecular complexity index is 1380. The lowest BCUT2D eigenvalue weighted by molar-refractivity contribution is -0.142. The lowest BCUT2D eigenvalue weighted by Gasteiger charge is -2.48. The Morgan fingerprint density at radius 1 is 0.824 bits per heavy atom. The number of benzene rings is 3. The van der Waals surface area contributed by atoms with Crippen molar-refractivity contribution < 1.29 is 22.5 Å². The van der Waals surface area contributed by atoms with Gasteiger partial charge in [0.25, 0.3) is 10.1 Å². The molecule has 2 atom stereocenters. The Balaban J connectivity index is 1.41. The third kappa shape index (κ3) is 3.16. The minimum atomic E-state index is -4.33. The van der Waals surface area contributed by atoms with Gasteiger partial charge < -0.3 is 4.74 Å². The van der Waals surface area contributed by atoms with E-state index in [1.165, 1.54) is 34.4 Å². The molecule has 6 heteroatoms. The number of carbonyl (C=O) groups is 1. The first-order valence-corrected chi connectivity index (χ1v) is 13.3. The van der Waals surface area contributed by atoms with E-state index < -0.39 is 10.1 Å². The fourth-order valence-electron chi connectivity index (χ4n) is 6.62. The van der Waals surface area contributed by atoms with Crippen LogP contribution < -0.4 is 4.74 Å². The van der Waals surface area contributed by atoms with E-state index in [1.54, 1.807) is 0 Å². The summed E-state index contributed by atoms with van der Waals surface area (Å²) < 4.78 is 39.5. The van der Waals surface area contributed by atoms with Crippen LogP contribution in [-0.4, -0.2) is 18.9 Å². The summed E-state index contributed by atoms with van der Waals surface area (Å²) in [6.07, 6.45) is 2.89. The lowest BCUT2D eigenvalue weighted by atomic mass is 9.54. The topological polar surface area (TPSA) is 80.7 Å². The summed E-state index contributed by atoms with van der Waals surface area (Å²) in [6.45, 7) is 2.13. The van der Waals surface area contributed by atoms with Gasteiger partial charge in [-0.3, -0.25) is 9.35 Å². The molecule has 0 aromatic heterocycles. The maximum atomic E-state index is 13.8. The zero-order valence-electron chi connectivity index (χ0n) is 18.9. The molecule has 2 unspecified atom stereocenters. The maximum Gasteiger partial charge on any atom is 0.315 e. The van der Waals surface area contributed by atoms with Gasteiger partial charge >= 0.3 is 5.97 Å². The summed E-state index contributed by atoms with van der Waals surface area (Å²) in [5, 5.41) is 0. The number of fused-ring (bicyclic) bond motifs is 2. The molecule has 4 aliphatic carbocycles. The van der Waals surface area contributed by atoms with Crippen LogP contribution in [0.25, 0.3) is 0 Å². The highest BCUT2D eigenvalue weighted by Crippen LogP contribution is 2.58. The smallest absolute Gasteiger partial charge is 0.315 e. The van der Waals surface area contributed by atoms with Crippen LogP contribution in [0, 0.1) is 11.8 Å². The Morgan fingerprint density at radius 3 is 1.91 bits per heavy atom. The molecule has 0 spiro atoms. The molecule has 0 fully saturated rings. The van der Waals surface area contributed by atoms with Crippen molar-refractivity contribution in [2.45, 2.75) is 49.3 Å². The van der Waals surface area contributed by atoms with Crippen molar-refractivity contribution in [3.8, 4) is 5.75 Å². The molecule has 0 saturated heterocycles. The van der Waals surface area contributed by atoms with Crippen LogP contribution >= 0.6 is 0 Å². The van der Waals surface area contributed by atoms with Crippen LogP contribution in [0.15, 0.2) is 65.6 Å². The van der Waals surface area contributed by atoms with Gasteiger partial charge in [-0.1, -0.05) is 55.5 Å². The molecule has 3 aromatic carbocycles. The van der Waals surface area contributed by atoms with E-state index in [9.17, 15) is 17.8 Å². The summed E-state index contributed by atoms with van der Waals surface area (Å²) in [4.78, 5) is 13.7. The second-order valence-corrected chi connectivity index (χ2v) is 11.1. The largest absolute Gasteiger partial charge is 0.426 e. The van der Waals surface area contributed by atoms with Crippen molar-refractivity contribution in [1.82, 2.24) is 0 Å². The molecule has 1 N–H and O–H groups in total. The van der Waals surface area contributed by atoms with Gasteiger partial charge in [-0.2, -0.15) is 8.42 Å². The van der Waals surface area contributed by atoms with Crippen LogP contribution in [0.4, 0.5) is 0 Å². The van der Waals surface area contributed by atoms with Crippen molar-refractivity contribution in [2.24, 2.45) is 11.8 Å². The van der Waals surface area contributed by atoms with Gasteiger partial charge in [0.2, 0.25) is 0 Å². The van der Waals surface area contributed by atoms with Gasteiger partial charge in [0, 0.05) is 11.8 Å². The third-order valence-corrected chi connectivity index (χ3v) is 8.93. The molecule has 0 saturated carbocycles. The third-order valence-electron chi connectivity index (χ3n) is 7.99. The molecule has 5 nitrogen and oxygen atoms in total. The molecule has 0 radical (unpaired) electrons. The zero-order chi connectivity index (χ0) is 23.6. The van der Waals surface area contributed by atoms with E-state index in [1.807, 2.05) is 12.1 Å². The van der Waals surface area contributed by atoms with Crippen molar-refractivity contribution >= 4 is 16.1 Å². The average Bonchev–Trinajstić information content (AvgIpc) is 2.83. The van der Waals surface area contributed by atoms with Gasteiger partial charge in [-0.05, 0) is 77.1 Å². The molecule has 0 heterocycles. The summed E-state index contributed by atoms with van der Waals surface area (Å²) >= 11 is 0. The fraction of sp³-hybridized carbons (Fsp3) is 0.321. The number of ether oxygens (including phenoxy) is 1. The van der Waals surface area contributed by atoms with Crippen molar-refractivity contribution in [1.29, 1.82) is 0 Å². The molecule has 0 aliphatic heterocycles. The predicted octanol–water partition coefficient (Wildman–Crippen LogP) is 5.26. The minimum Gasteiger partial charge on any atom is -0.426 e. The lowest BCUT2D eigenvalue weighted by Crippen LogP contribution is -2.44. The van der Waals surface area contributed by atoms with Crippen LogP contribution in [0.2, 0.25) is 0 Å². The molecule has 0 amide bonds. The van der Waals surface area contributed by atoms with Crippen LogP contribution in [0.3, 0.4) is 0 Å². The second-order valence-electron chi connectivity index (χ2n) is 9.72. The molecule has 174 valence electrons. The summed E-state index contributed by atoms with van der Waals surface area (Å²) in [5.41, 5.74) is 6.26. The van der Waals surface area contributed by atoms with Crippen LogP contribution in [-0.2, 0) is 27.8 Å². The highest BCUT2D eigenvalue weighted by molar-refractivity contribution is 7.85. The fourth-order valence-corrected chi connectivity index (χ4v) is 7.40. The number of hydrogen-bond acceptors (Lipinski definition) is 4. The number of rotatable bonds is 3. The Morgan fingerprint density at radius 2 is 1.35 bits per heavy atom. The molecule has 4 aliphatic rings. The normalized spacial score (nSPS) is 24.6. The van der Waals surface area contributed by atoms with Crippen molar-refractivity contribution in [3.05, 3.63) is 94.0 Å². The van der Waals surface area contributed by atoms with E-state index in [-0.39, 0.29) is 34.5 Å². The van der Waals surface area contributed by atoms with Crippen molar-refractivity contribution in [3.63, 3.8) is 0 Å². The maximum absolute atomic E-state index is 13.8. The van der Waals surface area contributed by atoms with Crippen LogP contribution in [0.5, 0.6) is 5.75 Å². The van der Waals surface area contributed by atoms with Crippen LogP contribution in [0.1, 0.15) is 65.0 Å². The summed E-state index contributed by atoms with van der Waals surface area (Å²) in [6, 6.07) is 19.7. The first-order chi connectivity index (χ1) is 16.4. The van der Waals surface area contributed by atoms with E-state index in [0.29, 0.717) is 24.2 Å². The van der Waals surface area contributed by atoms with Crippen molar-refractivity contribution in [2.75, 3.05) is 0 Å². The Kier molecular flexibility index (Phi) is 4.94. The second kappa shape index (κ2) is 7.79. The molecular formula is C28H26O5S. The van der Waals surface area contributed by atoms with Gasteiger partial charge in [-0.25, -0.2) is 0 Å². The minimum absolute atomic E-state index is 0.0650. The first kappa shape index (κ1) is 21.6. The Hall–Kier alpha value is -2.96. The molecule has 7 rings (SSSR count). The summed E-state index contributed by atoms with van der Waals surface area (Å²) in [5.74, 6) is -0.0784. The summed E-state index contributed by atoms with van der Waals surface area (Å²) in [7, 11) is -4.33. The number of esters is 1. The molecule has 3 aromatic rings. The van der Waals surface area contributed by atoms with E-state index in [4.69, 9.17) is 4.74 Å². The standard InChI is InChI=1S/C28H26O5S/c1-16-25-19-10-4-6-12-21(19)27(22-13-7-5-11-20(22)25)26(16)28(29)33-23-14-15-24(34(30,31)32)18-9-3-2-8-17(18)23/h4-7,10-16,25-27H,2-3,8-9H2,1H3,(H,30,31,32). The van der Waals surface area contributed by atoms with E-state index in [2.05, 4.69) is 43.3 Å². The Labute approximate surface area is 199 Å². The van der Waals surface area contributed by atoms with E-state index in [0.717, 1.165) is 18.4 Å². The first-order valence-electron chi connectivity index (χ1n) is 11.9. The molecule has 34 heavy (non-hydrogen) atoms. The van der Waals surface area contributed by atoms with Gasteiger partial charge in [0.05, 0.1) is 10.8 Å². The van der Waals surface area contributed by atoms with Gasteiger partial charge in [0.1, 0.15) is 5.75 Å². The molecular weight excluding hydrogens is 448 g/mol. The molecule has 2 bridgehead atoms.